The third kappa shape index (κ3) is 3.36. The lowest BCUT2D eigenvalue weighted by molar-refractivity contribution is -0.137. The second-order valence-corrected chi connectivity index (χ2v) is 9.83. The number of allylic oxidation sites excluding steroid dienone is 1. The summed E-state index contributed by atoms with van der Waals surface area (Å²) in [4.78, 5) is 18.7. The molecule has 0 radical (unpaired) electrons. The van der Waals surface area contributed by atoms with Gasteiger partial charge in [-0.3, -0.25) is 4.79 Å². The number of hydrogen-bond acceptors (Lipinski definition) is 7. The van der Waals surface area contributed by atoms with Gasteiger partial charge in [0.15, 0.2) is 0 Å². The van der Waals surface area contributed by atoms with Crippen LogP contribution >= 0.6 is 11.3 Å². The maximum Gasteiger partial charge on any atom is 0.283 e. The SMILES string of the molecule is C=CC(=C)[C@@H](C(=O)N1Cc2cn(S(=O)(=O)c3ccc4ncsc4c3)nc2C1)[C@@H](C)O. The number of thiazole rings is 1. The molecule has 4 rings (SSSR count). The Morgan fingerprint density at radius 3 is 2.80 bits per heavy atom. The predicted octanol–water partition coefficient (Wildman–Crippen LogP) is 2.31. The highest BCUT2D eigenvalue weighted by Crippen LogP contribution is 2.28. The van der Waals surface area contributed by atoms with Crippen molar-refractivity contribution in [2.45, 2.75) is 31.0 Å². The fourth-order valence-electron chi connectivity index (χ4n) is 3.51. The highest BCUT2D eigenvalue weighted by Gasteiger charge is 2.35. The maximum atomic E-state index is 13.0. The average molecular weight is 445 g/mol. The zero-order chi connectivity index (χ0) is 21.6. The van der Waals surface area contributed by atoms with Gasteiger partial charge in [-0.05, 0) is 30.7 Å². The van der Waals surface area contributed by atoms with Gasteiger partial charge in [0, 0.05) is 18.3 Å². The molecule has 156 valence electrons. The van der Waals surface area contributed by atoms with Gasteiger partial charge in [0.2, 0.25) is 5.91 Å². The third-order valence-electron chi connectivity index (χ3n) is 5.13. The third-order valence-corrected chi connectivity index (χ3v) is 7.45. The van der Waals surface area contributed by atoms with Crippen molar-refractivity contribution in [2.24, 2.45) is 5.92 Å². The molecule has 0 spiro atoms. The summed E-state index contributed by atoms with van der Waals surface area (Å²) in [6.07, 6.45) is 1.98. The molecule has 0 bridgehead atoms. The summed E-state index contributed by atoms with van der Waals surface area (Å²) in [5.41, 5.74) is 4.01. The monoisotopic (exact) mass is 444 g/mol. The molecule has 10 heteroatoms. The van der Waals surface area contributed by atoms with E-state index in [0.717, 1.165) is 14.3 Å². The molecular formula is C20H20N4O4S2. The number of nitrogens with zero attached hydrogens (tertiary/aromatic N) is 4. The van der Waals surface area contributed by atoms with Crippen LogP contribution in [0.3, 0.4) is 0 Å². The number of carbonyl (C=O) groups excluding carboxylic acids is 1. The Bertz CT molecular complexity index is 1250. The second kappa shape index (κ2) is 7.46. The van der Waals surface area contributed by atoms with E-state index in [4.69, 9.17) is 0 Å². The minimum Gasteiger partial charge on any atom is -0.392 e. The number of fused-ring (bicyclic) bond motifs is 2. The zero-order valence-corrected chi connectivity index (χ0v) is 17.9. The van der Waals surface area contributed by atoms with Gasteiger partial charge in [0.1, 0.15) is 0 Å². The largest absolute Gasteiger partial charge is 0.392 e. The lowest BCUT2D eigenvalue weighted by Crippen LogP contribution is -2.38. The number of aromatic nitrogens is 3. The van der Waals surface area contributed by atoms with Gasteiger partial charge in [0.05, 0.1) is 44.9 Å². The molecule has 1 N–H and O–H groups in total. The first-order valence-corrected chi connectivity index (χ1v) is 11.5. The van der Waals surface area contributed by atoms with Gasteiger partial charge in [-0.25, -0.2) is 4.98 Å². The Morgan fingerprint density at radius 2 is 2.13 bits per heavy atom. The number of carbonyl (C=O) groups is 1. The van der Waals surface area contributed by atoms with Crippen molar-refractivity contribution >= 4 is 37.5 Å². The minimum atomic E-state index is -3.86. The fraction of sp³-hybridized carbons (Fsp3) is 0.250. The lowest BCUT2D eigenvalue weighted by Gasteiger charge is -2.25. The molecule has 1 amide bonds. The number of aliphatic hydroxyl groups excluding tert-OH is 1. The van der Waals surface area contributed by atoms with Crippen LogP contribution in [-0.2, 0) is 27.9 Å². The smallest absolute Gasteiger partial charge is 0.283 e. The van der Waals surface area contributed by atoms with Gasteiger partial charge >= 0.3 is 0 Å². The van der Waals surface area contributed by atoms with Crippen LogP contribution < -0.4 is 0 Å². The number of amides is 1. The van der Waals surface area contributed by atoms with Gasteiger partial charge in [-0.15, -0.1) is 11.3 Å². The van der Waals surface area contributed by atoms with Crippen LogP contribution in [0.1, 0.15) is 18.2 Å². The number of hydrogen-bond donors (Lipinski definition) is 1. The van der Waals surface area contributed by atoms with Crippen LogP contribution in [-0.4, -0.2) is 44.6 Å². The molecule has 3 aromatic rings. The summed E-state index contributed by atoms with van der Waals surface area (Å²) in [5, 5.41) is 14.2. The van der Waals surface area contributed by atoms with Gasteiger partial charge in [-0.2, -0.15) is 17.6 Å². The molecule has 0 saturated carbocycles. The molecule has 0 unspecified atom stereocenters. The van der Waals surface area contributed by atoms with Crippen LogP contribution in [0, 0.1) is 5.92 Å². The second-order valence-electron chi connectivity index (χ2n) is 7.15. The standard InChI is InChI=1S/C20H20N4O4S2/c1-4-12(2)19(13(3)25)20(26)23-8-14-9-24(22-17(14)10-23)30(27,28)15-5-6-16-18(7-15)29-11-21-16/h4-7,9,11,13,19,25H,1-2,8,10H2,3H3/t13-,19-/m1/s1. The van der Waals surface area contributed by atoms with E-state index in [1.165, 1.54) is 41.5 Å². The normalized spacial score (nSPS) is 15.7. The summed E-state index contributed by atoms with van der Waals surface area (Å²) in [5.74, 6) is -1.09. The molecule has 2 atom stereocenters. The minimum absolute atomic E-state index is 0.129. The molecule has 1 aromatic carbocycles. The van der Waals surface area contributed by atoms with Crippen molar-refractivity contribution in [2.75, 3.05) is 0 Å². The van der Waals surface area contributed by atoms with Crippen molar-refractivity contribution < 1.29 is 18.3 Å². The maximum absolute atomic E-state index is 13.0. The quantitative estimate of drug-likeness (QED) is 0.585. The van der Waals surface area contributed by atoms with Crippen LogP contribution in [0.25, 0.3) is 10.2 Å². The molecule has 8 nitrogen and oxygen atoms in total. The Labute approximate surface area is 177 Å². The Balaban J connectivity index is 1.58. The first-order valence-electron chi connectivity index (χ1n) is 9.16. The molecule has 0 fully saturated rings. The predicted molar refractivity (Wildman–Crippen MR) is 113 cm³/mol. The van der Waals surface area contributed by atoms with Crippen molar-refractivity contribution in [1.82, 2.24) is 19.1 Å². The lowest BCUT2D eigenvalue weighted by atomic mass is 9.93. The van der Waals surface area contributed by atoms with E-state index in [1.807, 2.05) is 0 Å². The molecule has 30 heavy (non-hydrogen) atoms. The van der Waals surface area contributed by atoms with Crippen LogP contribution in [0.2, 0.25) is 0 Å². The summed E-state index contributed by atoms with van der Waals surface area (Å²) in [7, 11) is -3.86. The number of benzene rings is 1. The van der Waals surface area contributed by atoms with Crippen LogP contribution in [0.4, 0.5) is 0 Å². The first-order chi connectivity index (χ1) is 14.2. The molecule has 0 saturated heterocycles. The van der Waals surface area contributed by atoms with Gasteiger partial charge in [0.25, 0.3) is 10.0 Å². The highest BCUT2D eigenvalue weighted by molar-refractivity contribution is 7.89. The van der Waals surface area contributed by atoms with E-state index in [2.05, 4.69) is 23.2 Å². The van der Waals surface area contributed by atoms with E-state index in [0.29, 0.717) is 16.8 Å². The Morgan fingerprint density at radius 1 is 1.37 bits per heavy atom. The molecule has 3 heterocycles. The molecule has 1 aliphatic rings. The van der Waals surface area contributed by atoms with Crippen molar-refractivity contribution in [3.05, 3.63) is 66.0 Å². The van der Waals surface area contributed by atoms with E-state index in [1.54, 1.807) is 17.6 Å². The Kier molecular flexibility index (Phi) is 5.08. The van der Waals surface area contributed by atoms with Crippen molar-refractivity contribution in [3.63, 3.8) is 0 Å². The summed E-state index contributed by atoms with van der Waals surface area (Å²) in [6.45, 7) is 9.32. The van der Waals surface area contributed by atoms with Gasteiger partial charge < -0.3 is 10.0 Å². The summed E-state index contributed by atoms with van der Waals surface area (Å²) >= 11 is 1.37. The van der Waals surface area contributed by atoms with Crippen molar-refractivity contribution in [1.29, 1.82) is 0 Å². The molecule has 0 aliphatic carbocycles. The highest BCUT2D eigenvalue weighted by atomic mass is 32.2. The van der Waals surface area contributed by atoms with Crippen molar-refractivity contribution in [3.8, 4) is 0 Å². The van der Waals surface area contributed by atoms with E-state index in [9.17, 15) is 18.3 Å². The first kappa shape index (κ1) is 20.5. The molecule has 1 aliphatic heterocycles. The Hall–Kier alpha value is -2.82. The summed E-state index contributed by atoms with van der Waals surface area (Å²) in [6, 6.07) is 4.76. The number of aliphatic hydroxyl groups is 1. The zero-order valence-electron chi connectivity index (χ0n) is 16.2. The summed E-state index contributed by atoms with van der Waals surface area (Å²) < 4.78 is 27.7. The van der Waals surface area contributed by atoms with Gasteiger partial charge in [-0.1, -0.05) is 19.2 Å². The molecule has 2 aromatic heterocycles. The van der Waals surface area contributed by atoms with E-state index >= 15 is 0 Å². The van der Waals surface area contributed by atoms with Crippen LogP contribution in [0.5, 0.6) is 0 Å². The average Bonchev–Trinajstić information content (AvgIpc) is 3.41. The van der Waals surface area contributed by atoms with E-state index in [-0.39, 0.29) is 23.9 Å². The molecular weight excluding hydrogens is 424 g/mol. The fourth-order valence-corrected chi connectivity index (χ4v) is 5.49. The number of rotatable bonds is 6. The van der Waals surface area contributed by atoms with Crippen LogP contribution in [0.15, 0.2) is 59.6 Å². The topological polar surface area (TPSA) is 105 Å². The van der Waals surface area contributed by atoms with E-state index < -0.39 is 22.0 Å².